The van der Waals surface area contributed by atoms with Gasteiger partial charge in [0, 0.05) is 46.3 Å². The average Bonchev–Trinajstić information content (AvgIpc) is 3.08. The van der Waals surface area contributed by atoms with E-state index in [9.17, 15) is 0 Å². The minimum Gasteiger partial charge on any atom is -0.254 e. The SMILES string of the molecule is c1cc(-c2nnc3c4cccnc4c4ncccc4c3n2)nc(-c2nnc3c4cccnc4c4ncccc4c3n2)c1. The second-order valence-electron chi connectivity index (χ2n) is 9.67. The van der Waals surface area contributed by atoms with Gasteiger partial charge < -0.3 is 0 Å². The lowest BCUT2D eigenvalue weighted by Gasteiger charge is -2.09. The van der Waals surface area contributed by atoms with E-state index in [0.717, 1.165) is 43.6 Å². The Morgan fingerprint density at radius 1 is 0.310 bits per heavy atom. The number of aromatic nitrogens is 11. The van der Waals surface area contributed by atoms with Crippen molar-refractivity contribution >= 4 is 65.7 Å². The maximum absolute atomic E-state index is 4.91. The van der Waals surface area contributed by atoms with Crippen molar-refractivity contribution < 1.29 is 0 Å². The molecule has 11 nitrogen and oxygen atoms in total. The summed E-state index contributed by atoms with van der Waals surface area (Å²) >= 11 is 0. The van der Waals surface area contributed by atoms with Crippen molar-refractivity contribution in [3.8, 4) is 23.0 Å². The highest BCUT2D eigenvalue weighted by Crippen LogP contribution is 2.33. The van der Waals surface area contributed by atoms with E-state index in [1.165, 1.54) is 0 Å². The lowest BCUT2D eigenvalue weighted by atomic mass is 10.1. The molecule has 0 aliphatic carbocycles. The predicted octanol–water partition coefficient (Wildman–Crippen LogP) is 5.28. The van der Waals surface area contributed by atoms with Crippen molar-refractivity contribution in [3.63, 3.8) is 0 Å². The van der Waals surface area contributed by atoms with Gasteiger partial charge in [0.2, 0.25) is 11.6 Å². The minimum absolute atomic E-state index is 0.373. The Balaban J connectivity index is 1.23. The van der Waals surface area contributed by atoms with E-state index in [2.05, 4.69) is 40.3 Å². The Bertz CT molecular complexity index is 2310. The zero-order valence-electron chi connectivity index (χ0n) is 21.6. The standard InChI is InChI=1S/C31H15N11/c1-10-20(30-37-26-16-6-2-12-32-22(16)24-18(8-4-14-34-24)28(26)39-41-30)36-21(11-1)31-38-27-17-7-3-13-33-23(17)25-19(9-5-15-35-25)29(27)40-42-31/h1-15H. The lowest BCUT2D eigenvalue weighted by molar-refractivity contribution is 1.01. The molecule has 11 heteroatoms. The monoisotopic (exact) mass is 541 g/mol. The number of rotatable bonds is 2. The van der Waals surface area contributed by atoms with E-state index in [1.54, 1.807) is 24.8 Å². The molecule has 0 spiro atoms. The van der Waals surface area contributed by atoms with Crippen molar-refractivity contribution in [2.24, 2.45) is 0 Å². The summed E-state index contributed by atoms with van der Waals surface area (Å²) in [6.07, 6.45) is 6.99. The molecule has 0 amide bonds. The molecule has 0 fully saturated rings. The van der Waals surface area contributed by atoms with Crippen molar-refractivity contribution in [1.82, 2.24) is 55.3 Å². The number of benzene rings is 2. The van der Waals surface area contributed by atoms with Crippen LogP contribution in [-0.2, 0) is 0 Å². The number of nitrogens with zero attached hydrogens (tertiary/aromatic N) is 11. The molecule has 42 heavy (non-hydrogen) atoms. The molecule has 0 unspecified atom stereocenters. The molecule has 0 saturated carbocycles. The maximum atomic E-state index is 4.91. The summed E-state index contributed by atoms with van der Waals surface area (Å²) in [5, 5.41) is 21.4. The third kappa shape index (κ3) is 3.24. The Labute approximate surface area is 235 Å². The van der Waals surface area contributed by atoms with Crippen LogP contribution in [0.1, 0.15) is 0 Å². The minimum atomic E-state index is 0.373. The van der Waals surface area contributed by atoms with E-state index < -0.39 is 0 Å². The highest BCUT2D eigenvalue weighted by atomic mass is 15.2. The van der Waals surface area contributed by atoms with Gasteiger partial charge in [-0.15, -0.1) is 20.4 Å². The van der Waals surface area contributed by atoms with Gasteiger partial charge in [-0.2, -0.15) is 0 Å². The van der Waals surface area contributed by atoms with Gasteiger partial charge in [-0.25, -0.2) is 15.0 Å². The fourth-order valence-electron chi connectivity index (χ4n) is 5.43. The van der Waals surface area contributed by atoms with Crippen molar-refractivity contribution in [2.45, 2.75) is 0 Å². The quantitative estimate of drug-likeness (QED) is 0.264. The normalized spacial score (nSPS) is 11.8. The molecule has 0 aliphatic heterocycles. The Kier molecular flexibility index (Phi) is 4.64. The molecule has 7 aromatic heterocycles. The average molecular weight is 542 g/mol. The smallest absolute Gasteiger partial charge is 0.201 e. The number of pyridine rings is 5. The number of fused-ring (bicyclic) bond motifs is 12. The predicted molar refractivity (Wildman–Crippen MR) is 158 cm³/mol. The van der Waals surface area contributed by atoms with Gasteiger partial charge in [-0.05, 0) is 60.7 Å². The molecule has 0 aliphatic rings. The molecule has 9 rings (SSSR count). The molecule has 2 aromatic carbocycles. The maximum Gasteiger partial charge on any atom is 0.201 e. The van der Waals surface area contributed by atoms with Crippen LogP contribution in [0.3, 0.4) is 0 Å². The van der Waals surface area contributed by atoms with Crippen LogP contribution < -0.4 is 0 Å². The van der Waals surface area contributed by atoms with Crippen LogP contribution in [-0.4, -0.2) is 55.3 Å². The summed E-state index contributed by atoms with van der Waals surface area (Å²) in [7, 11) is 0. The van der Waals surface area contributed by atoms with Crippen LogP contribution in [0.15, 0.2) is 91.5 Å². The van der Waals surface area contributed by atoms with Crippen molar-refractivity contribution in [1.29, 1.82) is 0 Å². The molecule has 0 atom stereocenters. The third-order valence-electron chi connectivity index (χ3n) is 7.28. The van der Waals surface area contributed by atoms with E-state index >= 15 is 0 Å². The Hall–Kier alpha value is -6.23. The summed E-state index contributed by atoms with van der Waals surface area (Å²) in [6, 6.07) is 20.9. The van der Waals surface area contributed by atoms with Crippen LogP contribution >= 0.6 is 0 Å². The Morgan fingerprint density at radius 3 is 1.10 bits per heavy atom. The first-order valence-corrected chi connectivity index (χ1v) is 13.1. The molecule has 0 bridgehead atoms. The van der Waals surface area contributed by atoms with Crippen LogP contribution in [0.4, 0.5) is 0 Å². The van der Waals surface area contributed by atoms with Gasteiger partial charge in [0.15, 0.2) is 0 Å². The molecule has 0 N–H and O–H groups in total. The van der Waals surface area contributed by atoms with Crippen molar-refractivity contribution in [3.05, 3.63) is 91.5 Å². The van der Waals surface area contributed by atoms with E-state index in [1.807, 2.05) is 66.7 Å². The molecular formula is C31H15N11. The highest BCUT2D eigenvalue weighted by Gasteiger charge is 2.18. The fourth-order valence-corrected chi connectivity index (χ4v) is 5.43. The molecule has 194 valence electrons. The van der Waals surface area contributed by atoms with E-state index in [4.69, 9.17) is 15.0 Å². The van der Waals surface area contributed by atoms with Crippen molar-refractivity contribution in [2.75, 3.05) is 0 Å². The number of hydrogen-bond acceptors (Lipinski definition) is 11. The van der Waals surface area contributed by atoms with Crippen LogP contribution in [0.25, 0.3) is 88.7 Å². The second kappa shape index (κ2) is 8.63. The highest BCUT2D eigenvalue weighted by molar-refractivity contribution is 6.21. The molecule has 0 radical (unpaired) electrons. The van der Waals surface area contributed by atoms with Gasteiger partial charge in [0.1, 0.15) is 33.5 Å². The summed E-state index contributed by atoms with van der Waals surface area (Å²) in [6.45, 7) is 0. The topological polar surface area (TPSA) is 142 Å². The van der Waals surface area contributed by atoms with E-state index in [0.29, 0.717) is 45.1 Å². The fraction of sp³-hybridized carbons (Fsp3) is 0. The molecule has 0 saturated heterocycles. The Morgan fingerprint density at radius 2 is 0.690 bits per heavy atom. The first-order valence-electron chi connectivity index (χ1n) is 13.1. The number of hydrogen-bond donors (Lipinski definition) is 0. The zero-order chi connectivity index (χ0) is 27.6. The van der Waals surface area contributed by atoms with Gasteiger partial charge in [0.05, 0.1) is 22.1 Å². The summed E-state index contributed by atoms with van der Waals surface area (Å²) in [5.74, 6) is 0.747. The van der Waals surface area contributed by atoms with Gasteiger partial charge in [-0.3, -0.25) is 19.9 Å². The van der Waals surface area contributed by atoms with Crippen LogP contribution in [0.5, 0.6) is 0 Å². The summed E-state index contributed by atoms with van der Waals surface area (Å²) in [4.78, 5) is 32.9. The van der Waals surface area contributed by atoms with Crippen LogP contribution in [0.2, 0.25) is 0 Å². The first-order chi connectivity index (χ1) is 20.8. The van der Waals surface area contributed by atoms with E-state index in [-0.39, 0.29) is 0 Å². The lowest BCUT2D eigenvalue weighted by Crippen LogP contribution is -2.01. The van der Waals surface area contributed by atoms with Gasteiger partial charge in [-0.1, -0.05) is 6.07 Å². The molecule has 7 heterocycles. The second-order valence-corrected chi connectivity index (χ2v) is 9.67. The summed E-state index contributed by atoms with van der Waals surface area (Å²) in [5.41, 5.74) is 6.77. The van der Waals surface area contributed by atoms with Crippen LogP contribution in [0, 0.1) is 0 Å². The molecule has 9 aromatic rings. The third-order valence-corrected chi connectivity index (χ3v) is 7.28. The zero-order valence-corrected chi connectivity index (χ0v) is 21.6. The van der Waals surface area contributed by atoms with Gasteiger partial charge >= 0.3 is 0 Å². The van der Waals surface area contributed by atoms with Gasteiger partial charge in [0.25, 0.3) is 0 Å². The first kappa shape index (κ1) is 22.6. The molecular weight excluding hydrogens is 526 g/mol. The largest absolute Gasteiger partial charge is 0.254 e. The summed E-state index contributed by atoms with van der Waals surface area (Å²) < 4.78 is 0.